The second-order valence-electron chi connectivity index (χ2n) is 1.98. The minimum atomic E-state index is 0.329. The molecule has 0 spiro atoms. The number of rotatable bonds is 0. The number of nitrogens with zero attached hydrogens (tertiary/aromatic N) is 2. The van der Waals surface area contributed by atoms with Crippen LogP contribution in [-0.4, -0.2) is 15.8 Å². The molecule has 2 nitrogen and oxygen atoms in total. The van der Waals surface area contributed by atoms with Crippen molar-refractivity contribution < 1.29 is 0 Å². The Labute approximate surface area is 70.6 Å². The molecule has 0 radical (unpaired) electrons. The highest BCUT2D eigenvalue weighted by Gasteiger charge is 1.87. The molecule has 0 fully saturated rings. The summed E-state index contributed by atoms with van der Waals surface area (Å²) in [7, 11) is 0. The van der Waals surface area contributed by atoms with Crippen LogP contribution in [0, 0.1) is 18.8 Å². The molecule has 0 saturated heterocycles. The molecule has 0 aliphatic carbocycles. The quantitative estimate of drug-likeness (QED) is 0.430. The van der Waals surface area contributed by atoms with Crippen LogP contribution in [0.5, 0.6) is 0 Å². The average molecular weight is 167 g/mol. The highest BCUT2D eigenvalue weighted by molar-refractivity contribution is 6.19. The highest BCUT2D eigenvalue weighted by Crippen LogP contribution is 1.91. The summed E-state index contributed by atoms with van der Waals surface area (Å²) in [5.74, 6) is 5.81. The molecule has 0 saturated carbocycles. The molecule has 1 rings (SSSR count). The van der Waals surface area contributed by atoms with Gasteiger partial charge in [0.15, 0.2) is 0 Å². The van der Waals surface area contributed by atoms with Crippen molar-refractivity contribution in [1.29, 1.82) is 0 Å². The van der Waals surface area contributed by atoms with E-state index in [1.54, 1.807) is 12.4 Å². The first-order chi connectivity index (χ1) is 5.33. The molecule has 0 atom stereocenters. The number of hydrogen-bond donors (Lipinski definition) is 0. The Morgan fingerprint density at radius 1 is 1.55 bits per heavy atom. The summed E-state index contributed by atoms with van der Waals surface area (Å²) in [5, 5.41) is 0. The third-order valence-corrected chi connectivity index (χ3v) is 1.17. The van der Waals surface area contributed by atoms with Crippen LogP contribution in [0.1, 0.15) is 11.4 Å². The Morgan fingerprint density at radius 3 is 3.00 bits per heavy atom. The van der Waals surface area contributed by atoms with E-state index in [1.807, 2.05) is 6.92 Å². The van der Waals surface area contributed by atoms with Crippen molar-refractivity contribution >= 4 is 11.6 Å². The predicted octanol–water partition coefficient (Wildman–Crippen LogP) is 1.38. The molecule has 1 aromatic heterocycles. The van der Waals surface area contributed by atoms with Gasteiger partial charge in [0.25, 0.3) is 0 Å². The second-order valence-corrected chi connectivity index (χ2v) is 2.25. The largest absolute Gasteiger partial charge is 0.260 e. The van der Waals surface area contributed by atoms with E-state index in [2.05, 4.69) is 21.8 Å². The highest BCUT2D eigenvalue weighted by atomic mass is 35.5. The van der Waals surface area contributed by atoms with E-state index in [0.717, 1.165) is 5.69 Å². The normalized spacial score (nSPS) is 8.55. The Hall–Kier alpha value is -1.07. The van der Waals surface area contributed by atoms with Crippen LogP contribution in [0.3, 0.4) is 0 Å². The molecule has 0 aliphatic rings. The lowest BCUT2D eigenvalue weighted by molar-refractivity contribution is 1.10. The smallest absolute Gasteiger partial charge is 0.131 e. The predicted molar refractivity (Wildman–Crippen MR) is 44.4 cm³/mol. The maximum Gasteiger partial charge on any atom is 0.131 e. The van der Waals surface area contributed by atoms with E-state index in [-0.39, 0.29) is 0 Å². The molecular weight excluding hydrogens is 160 g/mol. The van der Waals surface area contributed by atoms with Crippen LogP contribution in [0.15, 0.2) is 12.4 Å². The van der Waals surface area contributed by atoms with E-state index in [0.29, 0.717) is 11.6 Å². The lowest BCUT2D eigenvalue weighted by atomic mass is 10.4. The lowest BCUT2D eigenvalue weighted by Crippen LogP contribution is -1.87. The molecule has 0 aromatic carbocycles. The van der Waals surface area contributed by atoms with Gasteiger partial charge < -0.3 is 0 Å². The first-order valence-corrected chi connectivity index (χ1v) is 3.70. The molecule has 3 heteroatoms. The van der Waals surface area contributed by atoms with Gasteiger partial charge in [-0.05, 0) is 12.8 Å². The number of hydrogen-bond acceptors (Lipinski definition) is 2. The Kier molecular flexibility index (Phi) is 2.88. The molecule has 0 aliphatic heterocycles. The molecule has 0 N–H and O–H groups in total. The van der Waals surface area contributed by atoms with Gasteiger partial charge in [0.2, 0.25) is 0 Å². The third-order valence-electron chi connectivity index (χ3n) is 1.04. The van der Waals surface area contributed by atoms with E-state index >= 15 is 0 Å². The fourth-order valence-corrected chi connectivity index (χ4v) is 0.714. The van der Waals surface area contributed by atoms with Crippen molar-refractivity contribution in [2.75, 3.05) is 5.88 Å². The summed E-state index contributed by atoms with van der Waals surface area (Å²) >= 11 is 5.37. The minimum absolute atomic E-state index is 0.329. The third kappa shape index (κ3) is 2.57. The molecule has 1 aromatic rings. The van der Waals surface area contributed by atoms with Crippen molar-refractivity contribution in [3.63, 3.8) is 0 Å². The summed E-state index contributed by atoms with van der Waals surface area (Å²) in [6, 6.07) is 0. The average Bonchev–Trinajstić information content (AvgIpc) is 2.01. The summed E-state index contributed by atoms with van der Waals surface area (Å²) in [6.07, 6.45) is 3.30. The summed E-state index contributed by atoms with van der Waals surface area (Å²) < 4.78 is 0. The number of aromatic nitrogens is 2. The van der Waals surface area contributed by atoms with E-state index in [1.165, 1.54) is 0 Å². The van der Waals surface area contributed by atoms with Crippen LogP contribution < -0.4 is 0 Å². The van der Waals surface area contributed by atoms with Crippen molar-refractivity contribution in [3.05, 3.63) is 23.8 Å². The van der Waals surface area contributed by atoms with Crippen molar-refractivity contribution in [2.24, 2.45) is 0 Å². The van der Waals surface area contributed by atoms with Crippen molar-refractivity contribution in [3.8, 4) is 11.8 Å². The van der Waals surface area contributed by atoms with Gasteiger partial charge in [-0.3, -0.25) is 4.98 Å². The van der Waals surface area contributed by atoms with Gasteiger partial charge in [0, 0.05) is 6.20 Å². The van der Waals surface area contributed by atoms with Gasteiger partial charge in [-0.1, -0.05) is 5.92 Å². The molecule has 0 bridgehead atoms. The summed E-state index contributed by atoms with van der Waals surface area (Å²) in [5.41, 5.74) is 1.54. The van der Waals surface area contributed by atoms with Gasteiger partial charge in [0.1, 0.15) is 5.69 Å². The van der Waals surface area contributed by atoms with Crippen molar-refractivity contribution in [2.45, 2.75) is 6.92 Å². The van der Waals surface area contributed by atoms with Gasteiger partial charge in [-0.15, -0.1) is 11.6 Å². The molecular formula is C8H7ClN2. The minimum Gasteiger partial charge on any atom is -0.260 e. The zero-order valence-electron chi connectivity index (χ0n) is 6.13. The van der Waals surface area contributed by atoms with E-state index in [9.17, 15) is 0 Å². The van der Waals surface area contributed by atoms with Crippen LogP contribution in [0.25, 0.3) is 0 Å². The molecule has 0 unspecified atom stereocenters. The van der Waals surface area contributed by atoms with Gasteiger partial charge in [0.05, 0.1) is 17.8 Å². The van der Waals surface area contributed by atoms with Crippen LogP contribution >= 0.6 is 11.6 Å². The van der Waals surface area contributed by atoms with Crippen LogP contribution in [0.4, 0.5) is 0 Å². The maximum absolute atomic E-state index is 5.37. The maximum atomic E-state index is 5.37. The van der Waals surface area contributed by atoms with Gasteiger partial charge in [-0.25, -0.2) is 4.98 Å². The Morgan fingerprint density at radius 2 is 2.36 bits per heavy atom. The first kappa shape index (κ1) is 8.03. The van der Waals surface area contributed by atoms with Crippen LogP contribution in [0.2, 0.25) is 0 Å². The Bertz CT molecular complexity index is 298. The SMILES string of the molecule is Cc1cncc(C#CCCl)n1. The number of alkyl halides is 1. The van der Waals surface area contributed by atoms with E-state index < -0.39 is 0 Å². The number of halogens is 1. The second kappa shape index (κ2) is 3.95. The summed E-state index contributed by atoms with van der Waals surface area (Å²) in [4.78, 5) is 8.04. The van der Waals surface area contributed by atoms with E-state index in [4.69, 9.17) is 11.6 Å². The van der Waals surface area contributed by atoms with Gasteiger partial charge >= 0.3 is 0 Å². The first-order valence-electron chi connectivity index (χ1n) is 3.16. The molecule has 56 valence electrons. The van der Waals surface area contributed by atoms with Crippen LogP contribution in [-0.2, 0) is 0 Å². The standard InChI is InChI=1S/C8H7ClN2/c1-7-5-10-6-8(11-7)3-2-4-9/h5-6H,4H2,1H3. The Balaban J connectivity index is 2.87. The number of aryl methyl sites for hydroxylation is 1. The monoisotopic (exact) mass is 166 g/mol. The molecule has 1 heterocycles. The topological polar surface area (TPSA) is 25.8 Å². The zero-order valence-corrected chi connectivity index (χ0v) is 6.89. The molecule has 11 heavy (non-hydrogen) atoms. The van der Waals surface area contributed by atoms with Crippen molar-refractivity contribution in [1.82, 2.24) is 9.97 Å². The van der Waals surface area contributed by atoms with Gasteiger partial charge in [-0.2, -0.15) is 0 Å². The molecule has 0 amide bonds. The zero-order chi connectivity index (χ0) is 8.10. The lowest BCUT2D eigenvalue weighted by Gasteiger charge is -1.89. The fraction of sp³-hybridized carbons (Fsp3) is 0.250. The fourth-order valence-electron chi connectivity index (χ4n) is 0.648. The summed E-state index contributed by atoms with van der Waals surface area (Å²) in [6.45, 7) is 1.87.